The molecule has 1 aromatic rings. The Bertz CT molecular complexity index is 694. The molecule has 2 saturated heterocycles. The SMILES string of the molecule is CCCC1(C(=O)OC)CCN(C(=O)C2(Cc3ccccc3F)CNC2)CC1. The summed E-state index contributed by atoms with van der Waals surface area (Å²) in [5.41, 5.74) is -0.478. The summed E-state index contributed by atoms with van der Waals surface area (Å²) in [4.78, 5) is 27.5. The minimum atomic E-state index is -0.585. The molecular formula is C21H29FN2O3. The Morgan fingerprint density at radius 1 is 1.19 bits per heavy atom. The van der Waals surface area contributed by atoms with Crippen LogP contribution in [0.15, 0.2) is 24.3 Å². The zero-order chi connectivity index (χ0) is 19.5. The van der Waals surface area contributed by atoms with E-state index in [2.05, 4.69) is 12.2 Å². The number of esters is 1. The van der Waals surface area contributed by atoms with Crippen LogP contribution in [0.3, 0.4) is 0 Å². The van der Waals surface area contributed by atoms with Gasteiger partial charge in [-0.2, -0.15) is 0 Å². The van der Waals surface area contributed by atoms with Crippen LogP contribution in [0.25, 0.3) is 0 Å². The number of rotatable bonds is 6. The maximum atomic E-state index is 14.1. The predicted molar refractivity (Wildman–Crippen MR) is 101 cm³/mol. The molecule has 0 bridgehead atoms. The lowest BCUT2D eigenvalue weighted by atomic mass is 9.72. The van der Waals surface area contributed by atoms with E-state index in [1.165, 1.54) is 13.2 Å². The summed E-state index contributed by atoms with van der Waals surface area (Å²) in [6, 6.07) is 6.66. The van der Waals surface area contributed by atoms with Gasteiger partial charge in [-0.1, -0.05) is 31.5 Å². The number of carbonyl (C=O) groups excluding carboxylic acids is 2. The monoisotopic (exact) mass is 376 g/mol. The number of benzene rings is 1. The smallest absolute Gasteiger partial charge is 0.311 e. The fraction of sp³-hybridized carbons (Fsp3) is 0.619. The highest BCUT2D eigenvalue weighted by atomic mass is 19.1. The molecule has 0 aromatic heterocycles. The van der Waals surface area contributed by atoms with Gasteiger partial charge in [0.1, 0.15) is 5.82 Å². The summed E-state index contributed by atoms with van der Waals surface area (Å²) in [5, 5.41) is 3.18. The van der Waals surface area contributed by atoms with Crippen LogP contribution in [0.5, 0.6) is 0 Å². The molecule has 0 radical (unpaired) electrons. The third kappa shape index (κ3) is 3.72. The number of methoxy groups -OCH3 is 1. The molecule has 0 saturated carbocycles. The van der Waals surface area contributed by atoms with Crippen LogP contribution < -0.4 is 5.32 Å². The van der Waals surface area contributed by atoms with Crippen LogP contribution in [0.4, 0.5) is 4.39 Å². The molecule has 2 aliphatic heterocycles. The van der Waals surface area contributed by atoms with Gasteiger partial charge < -0.3 is 15.0 Å². The summed E-state index contributed by atoms with van der Waals surface area (Å²) in [5.74, 6) is -0.356. The Kier molecular flexibility index (Phi) is 5.84. The van der Waals surface area contributed by atoms with Crippen LogP contribution in [0, 0.1) is 16.6 Å². The summed E-state index contributed by atoms with van der Waals surface area (Å²) in [7, 11) is 1.43. The van der Waals surface area contributed by atoms with Gasteiger partial charge in [0.15, 0.2) is 0 Å². The number of nitrogens with one attached hydrogen (secondary N) is 1. The first-order chi connectivity index (χ1) is 13.0. The highest BCUT2D eigenvalue weighted by Gasteiger charge is 2.49. The molecule has 0 atom stereocenters. The summed E-state index contributed by atoms with van der Waals surface area (Å²) in [6.07, 6.45) is 3.35. The number of likely N-dealkylation sites (tertiary alicyclic amines) is 1. The van der Waals surface area contributed by atoms with Crippen molar-refractivity contribution in [2.24, 2.45) is 10.8 Å². The third-order valence-corrected chi connectivity index (χ3v) is 6.22. The molecule has 6 heteroatoms. The first-order valence-electron chi connectivity index (χ1n) is 9.78. The predicted octanol–water partition coefficient (Wildman–Crippen LogP) is 2.54. The Morgan fingerprint density at radius 3 is 2.37 bits per heavy atom. The van der Waals surface area contributed by atoms with E-state index in [4.69, 9.17) is 4.74 Å². The number of carbonyl (C=O) groups is 2. The highest BCUT2D eigenvalue weighted by molar-refractivity contribution is 5.85. The van der Waals surface area contributed by atoms with Crippen molar-refractivity contribution < 1.29 is 18.7 Å². The van der Waals surface area contributed by atoms with Gasteiger partial charge in [-0.05, 0) is 37.3 Å². The van der Waals surface area contributed by atoms with Crippen molar-refractivity contribution in [3.05, 3.63) is 35.6 Å². The van der Waals surface area contributed by atoms with E-state index in [9.17, 15) is 14.0 Å². The van der Waals surface area contributed by atoms with E-state index in [-0.39, 0.29) is 17.7 Å². The van der Waals surface area contributed by atoms with Gasteiger partial charge in [0.2, 0.25) is 5.91 Å². The second kappa shape index (κ2) is 7.97. The van der Waals surface area contributed by atoms with Gasteiger partial charge >= 0.3 is 5.97 Å². The first kappa shape index (κ1) is 19.8. The number of amides is 1. The molecule has 2 heterocycles. The normalized spacial score (nSPS) is 20.6. The maximum Gasteiger partial charge on any atom is 0.311 e. The number of hydrogen-bond donors (Lipinski definition) is 1. The van der Waals surface area contributed by atoms with Crippen molar-refractivity contribution in [2.75, 3.05) is 33.3 Å². The summed E-state index contributed by atoms with van der Waals surface area (Å²) < 4.78 is 19.1. The zero-order valence-electron chi connectivity index (χ0n) is 16.2. The third-order valence-electron chi connectivity index (χ3n) is 6.22. The number of ether oxygens (including phenoxy) is 1. The van der Waals surface area contributed by atoms with Crippen LogP contribution in [-0.2, 0) is 20.7 Å². The van der Waals surface area contributed by atoms with E-state index in [0.29, 0.717) is 51.0 Å². The Balaban J connectivity index is 1.70. The molecule has 1 aromatic carbocycles. The molecule has 148 valence electrons. The van der Waals surface area contributed by atoms with Gasteiger partial charge in [-0.3, -0.25) is 9.59 Å². The lowest BCUT2D eigenvalue weighted by Gasteiger charge is -2.47. The molecule has 1 N–H and O–H groups in total. The second-order valence-corrected chi connectivity index (χ2v) is 7.97. The molecular weight excluding hydrogens is 347 g/mol. The molecule has 0 unspecified atom stereocenters. The van der Waals surface area contributed by atoms with Gasteiger partial charge in [-0.15, -0.1) is 0 Å². The number of piperidine rings is 1. The van der Waals surface area contributed by atoms with E-state index in [1.807, 2.05) is 4.90 Å². The largest absolute Gasteiger partial charge is 0.469 e. The van der Waals surface area contributed by atoms with Gasteiger partial charge in [-0.25, -0.2) is 4.39 Å². The van der Waals surface area contributed by atoms with Crippen LogP contribution >= 0.6 is 0 Å². The Labute approximate surface area is 160 Å². The highest BCUT2D eigenvalue weighted by Crippen LogP contribution is 2.39. The van der Waals surface area contributed by atoms with Gasteiger partial charge in [0.25, 0.3) is 0 Å². The van der Waals surface area contributed by atoms with Crippen LogP contribution in [0.1, 0.15) is 38.2 Å². The molecule has 2 aliphatic rings. The fourth-order valence-corrected chi connectivity index (χ4v) is 4.51. The molecule has 3 rings (SSSR count). The van der Waals surface area contributed by atoms with Gasteiger partial charge in [0, 0.05) is 26.2 Å². The Hall–Kier alpha value is -1.95. The summed E-state index contributed by atoms with van der Waals surface area (Å²) in [6.45, 7) is 4.28. The average Bonchev–Trinajstić information content (AvgIpc) is 2.65. The minimum absolute atomic E-state index is 0.0690. The molecule has 5 nitrogen and oxygen atoms in total. The maximum absolute atomic E-state index is 14.1. The number of halogens is 1. The number of nitrogens with zero attached hydrogens (tertiary/aromatic N) is 1. The second-order valence-electron chi connectivity index (χ2n) is 7.97. The average molecular weight is 376 g/mol. The quantitative estimate of drug-likeness (QED) is 0.775. The van der Waals surface area contributed by atoms with Crippen molar-refractivity contribution in [3.8, 4) is 0 Å². The lowest BCUT2D eigenvalue weighted by molar-refractivity contribution is -0.161. The first-order valence-corrected chi connectivity index (χ1v) is 9.78. The molecule has 27 heavy (non-hydrogen) atoms. The van der Waals surface area contributed by atoms with Crippen LogP contribution in [0.2, 0.25) is 0 Å². The zero-order valence-corrected chi connectivity index (χ0v) is 16.2. The van der Waals surface area contributed by atoms with Gasteiger partial charge in [0.05, 0.1) is 17.9 Å². The fourth-order valence-electron chi connectivity index (χ4n) is 4.51. The summed E-state index contributed by atoms with van der Waals surface area (Å²) >= 11 is 0. The van der Waals surface area contributed by atoms with Crippen molar-refractivity contribution in [1.29, 1.82) is 0 Å². The molecule has 0 aliphatic carbocycles. The molecule has 0 spiro atoms. The minimum Gasteiger partial charge on any atom is -0.469 e. The number of hydrogen-bond acceptors (Lipinski definition) is 4. The van der Waals surface area contributed by atoms with E-state index in [0.717, 1.165) is 12.8 Å². The molecule has 2 fully saturated rings. The van der Waals surface area contributed by atoms with Crippen molar-refractivity contribution in [3.63, 3.8) is 0 Å². The van der Waals surface area contributed by atoms with Crippen molar-refractivity contribution in [2.45, 2.75) is 39.0 Å². The van der Waals surface area contributed by atoms with Crippen LogP contribution in [-0.4, -0.2) is 50.1 Å². The van der Waals surface area contributed by atoms with E-state index >= 15 is 0 Å². The standard InChI is InChI=1S/C21H29FN2O3/c1-3-8-20(19(26)27-2)9-11-24(12-10-20)18(25)21(14-23-15-21)13-16-6-4-5-7-17(16)22/h4-7,23H,3,8-15H2,1-2H3. The topological polar surface area (TPSA) is 58.6 Å². The Morgan fingerprint density at radius 2 is 1.85 bits per heavy atom. The van der Waals surface area contributed by atoms with E-state index < -0.39 is 10.8 Å². The van der Waals surface area contributed by atoms with Crippen molar-refractivity contribution >= 4 is 11.9 Å². The van der Waals surface area contributed by atoms with Crippen molar-refractivity contribution in [1.82, 2.24) is 10.2 Å². The lowest BCUT2D eigenvalue weighted by Crippen LogP contribution is -2.64. The van der Waals surface area contributed by atoms with E-state index in [1.54, 1.807) is 18.2 Å². The molecule has 1 amide bonds.